The molecule has 1 aliphatic heterocycles. The van der Waals surface area contributed by atoms with E-state index in [1.165, 1.54) is 29.2 Å². The summed E-state index contributed by atoms with van der Waals surface area (Å²) in [5.41, 5.74) is -2.49. The first-order valence-electron chi connectivity index (χ1n) is 12.9. The standard InChI is InChI=1S/C27H28F8N4O5/c1-24(43,22(41)36-15-25(28,29)27(33,34)35)23(42)37-18-13-38(11-12-44-14-17-7-3-2-4-8-17)19-9-5-6-10-20(19)39(21(18)40)16-26(30,31)32/h2-10,18,43H,11-16H2,1H3,(H,36,41)(H,37,42)/t18?,24-/m0/s1. The fourth-order valence-corrected chi connectivity index (χ4v) is 4.13. The summed E-state index contributed by atoms with van der Waals surface area (Å²) >= 11 is 0. The van der Waals surface area contributed by atoms with Crippen LogP contribution in [0.5, 0.6) is 0 Å². The SMILES string of the molecule is C[C@](O)(C(=O)NCC(F)(F)C(F)(F)F)C(=O)NC1CN(CCOCc2ccccc2)c2ccccc2N(CC(F)(F)F)C1=O. The summed E-state index contributed by atoms with van der Waals surface area (Å²) < 4.78 is 110. The highest BCUT2D eigenvalue weighted by molar-refractivity contribution is 6.10. The second-order valence-corrected chi connectivity index (χ2v) is 10.00. The van der Waals surface area contributed by atoms with Crippen LogP contribution in [-0.2, 0) is 25.7 Å². The predicted molar refractivity (Wildman–Crippen MR) is 140 cm³/mol. The topological polar surface area (TPSA) is 111 Å². The van der Waals surface area contributed by atoms with Gasteiger partial charge in [-0.1, -0.05) is 42.5 Å². The third-order valence-corrected chi connectivity index (χ3v) is 6.51. The number of benzene rings is 2. The van der Waals surface area contributed by atoms with Crippen LogP contribution < -0.4 is 20.4 Å². The minimum atomic E-state index is -6.05. The number of carbonyl (C=O) groups is 3. The van der Waals surface area contributed by atoms with Crippen molar-refractivity contribution >= 4 is 29.1 Å². The highest BCUT2D eigenvalue weighted by Gasteiger charge is 2.58. The molecule has 242 valence electrons. The zero-order chi connectivity index (χ0) is 32.9. The summed E-state index contributed by atoms with van der Waals surface area (Å²) in [6.07, 6.45) is -11.0. The molecule has 1 aliphatic rings. The number of hydrogen-bond acceptors (Lipinski definition) is 6. The van der Waals surface area contributed by atoms with E-state index in [1.807, 2.05) is 5.32 Å². The molecule has 0 saturated carbocycles. The van der Waals surface area contributed by atoms with E-state index in [0.29, 0.717) is 11.8 Å². The number of anilines is 2. The van der Waals surface area contributed by atoms with Gasteiger partial charge in [-0.15, -0.1) is 0 Å². The molecule has 2 atom stereocenters. The Morgan fingerprint density at radius 2 is 1.52 bits per heavy atom. The van der Waals surface area contributed by atoms with E-state index in [0.717, 1.165) is 10.9 Å². The van der Waals surface area contributed by atoms with Gasteiger partial charge in [-0.25, -0.2) is 0 Å². The molecule has 3 amide bonds. The predicted octanol–water partition coefficient (Wildman–Crippen LogP) is 3.17. The molecule has 0 aliphatic carbocycles. The minimum Gasteiger partial charge on any atom is -0.375 e. The number of hydrogen-bond donors (Lipinski definition) is 3. The van der Waals surface area contributed by atoms with Gasteiger partial charge in [0.05, 0.1) is 31.1 Å². The van der Waals surface area contributed by atoms with Gasteiger partial charge in [0.1, 0.15) is 12.6 Å². The van der Waals surface area contributed by atoms with Crippen LogP contribution in [0.1, 0.15) is 12.5 Å². The summed E-state index contributed by atoms with van der Waals surface area (Å²) in [4.78, 5) is 40.3. The lowest BCUT2D eigenvalue weighted by Gasteiger charge is -2.29. The molecule has 9 nitrogen and oxygen atoms in total. The van der Waals surface area contributed by atoms with Crippen LogP contribution in [0.3, 0.4) is 0 Å². The molecule has 0 saturated heterocycles. The van der Waals surface area contributed by atoms with Crippen molar-refractivity contribution in [2.75, 3.05) is 42.6 Å². The molecule has 2 aromatic rings. The Bertz CT molecular complexity index is 1320. The Labute approximate surface area is 245 Å². The molecular weight excluding hydrogens is 612 g/mol. The number of fused-ring (bicyclic) bond motifs is 1. The maximum atomic E-state index is 13.5. The normalized spacial score (nSPS) is 17.4. The van der Waals surface area contributed by atoms with Gasteiger partial charge in [0.2, 0.25) is 5.60 Å². The second-order valence-electron chi connectivity index (χ2n) is 10.00. The highest BCUT2D eigenvalue weighted by atomic mass is 19.4. The number of amides is 3. The van der Waals surface area contributed by atoms with E-state index in [9.17, 15) is 54.6 Å². The van der Waals surface area contributed by atoms with E-state index in [2.05, 4.69) is 0 Å². The average molecular weight is 641 g/mol. The molecule has 0 spiro atoms. The molecule has 0 bridgehead atoms. The van der Waals surface area contributed by atoms with Gasteiger partial charge in [0.25, 0.3) is 17.7 Å². The van der Waals surface area contributed by atoms with Crippen molar-refractivity contribution in [3.8, 4) is 0 Å². The number of nitrogens with zero attached hydrogens (tertiary/aromatic N) is 2. The monoisotopic (exact) mass is 640 g/mol. The zero-order valence-electron chi connectivity index (χ0n) is 23.0. The summed E-state index contributed by atoms with van der Waals surface area (Å²) in [6.45, 7) is -3.95. The van der Waals surface area contributed by atoms with E-state index in [4.69, 9.17) is 4.74 Å². The van der Waals surface area contributed by atoms with Crippen LogP contribution in [0.4, 0.5) is 46.5 Å². The first-order chi connectivity index (χ1) is 20.3. The lowest BCUT2D eigenvalue weighted by atomic mass is 10.0. The summed E-state index contributed by atoms with van der Waals surface area (Å²) in [5.74, 6) is -10.4. The Hall–Kier alpha value is -3.99. The van der Waals surface area contributed by atoms with Crippen LogP contribution >= 0.6 is 0 Å². The Kier molecular flexibility index (Phi) is 10.5. The van der Waals surface area contributed by atoms with Gasteiger partial charge in [0.15, 0.2) is 0 Å². The van der Waals surface area contributed by atoms with Crippen LogP contribution in [0.2, 0.25) is 0 Å². The number of aliphatic hydroxyl groups is 1. The Morgan fingerprint density at radius 1 is 0.932 bits per heavy atom. The van der Waals surface area contributed by atoms with Crippen molar-refractivity contribution in [1.82, 2.24) is 10.6 Å². The zero-order valence-corrected chi connectivity index (χ0v) is 23.0. The number of ether oxygens (including phenoxy) is 1. The molecule has 17 heteroatoms. The van der Waals surface area contributed by atoms with Gasteiger partial charge in [-0.3, -0.25) is 19.3 Å². The average Bonchev–Trinajstić information content (AvgIpc) is 3.04. The summed E-state index contributed by atoms with van der Waals surface area (Å²) in [6, 6.07) is 12.7. The largest absolute Gasteiger partial charge is 0.455 e. The third-order valence-electron chi connectivity index (χ3n) is 6.51. The van der Waals surface area contributed by atoms with Crippen LogP contribution in [-0.4, -0.2) is 85.5 Å². The number of halogens is 8. The van der Waals surface area contributed by atoms with Crippen LogP contribution in [0, 0.1) is 0 Å². The molecule has 44 heavy (non-hydrogen) atoms. The first kappa shape index (κ1) is 34.5. The molecular formula is C27H28F8N4O5. The van der Waals surface area contributed by atoms with Crippen LogP contribution in [0.25, 0.3) is 0 Å². The fraction of sp³-hybridized carbons (Fsp3) is 0.444. The molecule has 2 aromatic carbocycles. The van der Waals surface area contributed by atoms with Crippen molar-refractivity contribution in [1.29, 1.82) is 0 Å². The summed E-state index contributed by atoms with van der Waals surface area (Å²) in [5, 5.41) is 13.5. The molecule has 0 aromatic heterocycles. The molecule has 3 N–H and O–H groups in total. The van der Waals surface area contributed by atoms with Gasteiger partial charge < -0.3 is 25.4 Å². The second kappa shape index (κ2) is 13.3. The maximum absolute atomic E-state index is 13.5. The van der Waals surface area contributed by atoms with Gasteiger partial charge in [-0.2, -0.15) is 35.1 Å². The molecule has 0 fully saturated rings. The van der Waals surface area contributed by atoms with Crippen LogP contribution in [0.15, 0.2) is 54.6 Å². The Morgan fingerprint density at radius 3 is 2.11 bits per heavy atom. The lowest BCUT2D eigenvalue weighted by Crippen LogP contribution is -2.62. The van der Waals surface area contributed by atoms with Gasteiger partial charge in [-0.05, 0) is 24.6 Å². The molecule has 3 rings (SSSR count). The number of rotatable bonds is 11. The van der Waals surface area contributed by atoms with Crippen molar-refractivity contribution < 1.29 is 59.4 Å². The molecule has 1 unspecified atom stereocenters. The van der Waals surface area contributed by atoms with Crippen molar-refractivity contribution in [3.63, 3.8) is 0 Å². The van der Waals surface area contributed by atoms with Crippen molar-refractivity contribution in [2.45, 2.75) is 43.4 Å². The van der Waals surface area contributed by atoms with E-state index in [1.54, 1.807) is 30.3 Å². The van der Waals surface area contributed by atoms with Gasteiger partial charge in [0, 0.05) is 13.1 Å². The first-order valence-corrected chi connectivity index (χ1v) is 12.9. The smallest absolute Gasteiger partial charge is 0.375 e. The van der Waals surface area contributed by atoms with Crippen molar-refractivity contribution in [2.24, 2.45) is 0 Å². The molecule has 0 radical (unpaired) electrons. The minimum absolute atomic E-state index is 0.00486. The van der Waals surface area contributed by atoms with E-state index < -0.39 is 67.3 Å². The van der Waals surface area contributed by atoms with E-state index >= 15 is 0 Å². The molecule has 1 heterocycles. The number of alkyl halides is 8. The maximum Gasteiger partial charge on any atom is 0.455 e. The highest BCUT2D eigenvalue weighted by Crippen LogP contribution is 2.36. The third kappa shape index (κ3) is 8.56. The quantitative estimate of drug-likeness (QED) is 0.198. The van der Waals surface area contributed by atoms with Gasteiger partial charge >= 0.3 is 18.3 Å². The number of carbonyl (C=O) groups excluding carboxylic acids is 3. The van der Waals surface area contributed by atoms with E-state index in [-0.39, 0.29) is 31.1 Å². The lowest BCUT2D eigenvalue weighted by molar-refractivity contribution is -0.278. The summed E-state index contributed by atoms with van der Waals surface area (Å²) in [7, 11) is 0. The number of nitrogens with one attached hydrogen (secondary N) is 2. The fourth-order valence-electron chi connectivity index (χ4n) is 4.13. The Balaban J connectivity index is 1.83. The van der Waals surface area contributed by atoms with Crippen molar-refractivity contribution in [3.05, 3.63) is 60.2 Å². The number of para-hydroxylation sites is 2.